The third kappa shape index (κ3) is 2.95. The van der Waals surface area contributed by atoms with Crippen LogP contribution in [-0.2, 0) is 9.19 Å². The van der Waals surface area contributed by atoms with Gasteiger partial charge in [-0.05, 0) is 24.5 Å². The number of hydrogen-bond acceptors (Lipinski definition) is 4. The van der Waals surface area contributed by atoms with E-state index >= 15 is 0 Å². The molecule has 1 aliphatic heterocycles. The zero-order valence-corrected chi connectivity index (χ0v) is 10.5. The summed E-state index contributed by atoms with van der Waals surface area (Å²) in [6.07, 6.45) is 1.83. The summed E-state index contributed by atoms with van der Waals surface area (Å²) in [6, 6.07) is 0. The van der Waals surface area contributed by atoms with Gasteiger partial charge < -0.3 is 4.90 Å². The third-order valence-electron chi connectivity index (χ3n) is 3.26. The molecule has 0 bridgehead atoms. The van der Waals surface area contributed by atoms with Crippen LogP contribution in [-0.4, -0.2) is 47.1 Å². The molecule has 0 saturated carbocycles. The lowest BCUT2D eigenvalue weighted by Crippen LogP contribution is -2.60. The van der Waals surface area contributed by atoms with Crippen LogP contribution >= 0.6 is 8.25 Å². The molecule has 0 aliphatic carbocycles. The van der Waals surface area contributed by atoms with E-state index in [2.05, 4.69) is 25.8 Å². The molecule has 1 saturated heterocycles. The van der Waals surface area contributed by atoms with Gasteiger partial charge in [-0.2, -0.15) is 0 Å². The highest BCUT2D eigenvalue weighted by molar-refractivity contribution is 7.32. The van der Waals surface area contributed by atoms with Crippen LogP contribution in [0.4, 0.5) is 0 Å². The molecule has 1 atom stereocenters. The van der Waals surface area contributed by atoms with Crippen molar-refractivity contribution < 1.29 is 14.1 Å². The molecule has 0 amide bonds. The molecule has 0 radical (unpaired) electrons. The van der Waals surface area contributed by atoms with Crippen LogP contribution in [0.25, 0.3) is 0 Å². The lowest BCUT2D eigenvalue weighted by atomic mass is 9.90. The molecule has 5 nitrogen and oxygen atoms in total. The van der Waals surface area contributed by atoms with E-state index in [-0.39, 0.29) is 5.54 Å². The summed E-state index contributed by atoms with van der Waals surface area (Å²) in [7, 11) is -0.484. The summed E-state index contributed by atoms with van der Waals surface area (Å²) < 4.78 is 15.7. The van der Waals surface area contributed by atoms with Gasteiger partial charge in [-0.25, -0.2) is 0 Å². The smallest absolute Gasteiger partial charge is 0.303 e. The molecule has 0 aromatic carbocycles. The van der Waals surface area contributed by atoms with E-state index < -0.39 is 8.25 Å². The molecule has 1 N–H and O–H groups in total. The highest BCUT2D eigenvalue weighted by Crippen LogP contribution is 2.32. The number of hydroxylamine groups is 2. The molecule has 1 heterocycles. The first-order valence-corrected chi connectivity index (χ1v) is 6.47. The first-order chi connectivity index (χ1) is 7.04. The van der Waals surface area contributed by atoms with Gasteiger partial charge in [0.05, 0.1) is 5.54 Å². The molecule has 0 aromatic heterocycles. The maximum absolute atomic E-state index is 10.7. The van der Waals surface area contributed by atoms with Crippen LogP contribution in [0, 0.1) is 0 Å². The van der Waals surface area contributed by atoms with Gasteiger partial charge in [-0.15, -0.1) is 9.96 Å². The Morgan fingerprint density at radius 1 is 1.40 bits per heavy atom. The van der Waals surface area contributed by atoms with Crippen molar-refractivity contribution in [3.8, 4) is 0 Å². The van der Waals surface area contributed by atoms with Crippen molar-refractivity contribution in [2.75, 3.05) is 26.7 Å². The standard InChI is InChI=1S/C9H19N2O3P/c1-4-9(5-2)8-10(3)6-7-11(9)14-15(12)13/h4-8H2,1-3H3/p+1. The molecule has 15 heavy (non-hydrogen) atoms. The van der Waals surface area contributed by atoms with E-state index in [1.807, 2.05) is 0 Å². The Balaban J connectivity index is 2.77. The fourth-order valence-electron chi connectivity index (χ4n) is 2.20. The highest BCUT2D eigenvalue weighted by Gasteiger charge is 2.43. The van der Waals surface area contributed by atoms with E-state index in [1.54, 1.807) is 5.06 Å². The largest absolute Gasteiger partial charge is 0.713 e. The predicted molar refractivity (Wildman–Crippen MR) is 58.4 cm³/mol. The molecule has 6 heteroatoms. The van der Waals surface area contributed by atoms with E-state index in [4.69, 9.17) is 9.52 Å². The van der Waals surface area contributed by atoms with Crippen LogP contribution in [0.2, 0.25) is 0 Å². The van der Waals surface area contributed by atoms with Gasteiger partial charge in [0.2, 0.25) is 0 Å². The fourth-order valence-corrected chi connectivity index (χ4v) is 2.62. The van der Waals surface area contributed by atoms with Crippen molar-refractivity contribution in [1.29, 1.82) is 0 Å². The molecule has 1 aliphatic rings. The molecule has 0 aromatic rings. The van der Waals surface area contributed by atoms with Crippen LogP contribution in [0.15, 0.2) is 0 Å². The van der Waals surface area contributed by atoms with Gasteiger partial charge in [-0.3, -0.25) is 0 Å². The van der Waals surface area contributed by atoms with E-state index in [9.17, 15) is 4.57 Å². The van der Waals surface area contributed by atoms with Crippen LogP contribution in [0.5, 0.6) is 0 Å². The molecular weight excluding hydrogens is 215 g/mol. The Labute approximate surface area is 91.9 Å². The quantitative estimate of drug-likeness (QED) is 0.746. The lowest BCUT2D eigenvalue weighted by molar-refractivity contribution is -0.179. The van der Waals surface area contributed by atoms with Crippen molar-refractivity contribution in [3.63, 3.8) is 0 Å². The summed E-state index contributed by atoms with van der Waals surface area (Å²) in [5.74, 6) is 0. The molecule has 1 rings (SSSR count). The second-order valence-corrected chi connectivity index (χ2v) is 4.73. The Morgan fingerprint density at radius 2 is 2.00 bits per heavy atom. The molecule has 0 spiro atoms. The van der Waals surface area contributed by atoms with Gasteiger partial charge in [0.25, 0.3) is 0 Å². The lowest BCUT2D eigenvalue weighted by Gasteiger charge is -2.45. The fraction of sp³-hybridized carbons (Fsp3) is 1.00. The van der Waals surface area contributed by atoms with Crippen LogP contribution in [0.3, 0.4) is 0 Å². The third-order valence-corrected chi connectivity index (χ3v) is 3.60. The van der Waals surface area contributed by atoms with Crippen LogP contribution < -0.4 is 0 Å². The first-order valence-electron chi connectivity index (χ1n) is 5.34. The normalized spacial score (nSPS) is 24.1. The molecule has 88 valence electrons. The Kier molecular flexibility index (Phi) is 4.62. The van der Waals surface area contributed by atoms with E-state index in [1.165, 1.54) is 0 Å². The van der Waals surface area contributed by atoms with Crippen molar-refractivity contribution in [2.45, 2.75) is 32.2 Å². The average Bonchev–Trinajstić information content (AvgIpc) is 2.20. The second-order valence-electron chi connectivity index (χ2n) is 4.09. The predicted octanol–water partition coefficient (Wildman–Crippen LogP) is 1.37. The van der Waals surface area contributed by atoms with Crippen molar-refractivity contribution >= 4 is 8.25 Å². The SMILES string of the molecule is CCC1(CC)CN(C)CCN1O[P+](=O)O. The van der Waals surface area contributed by atoms with Gasteiger partial charge in [-0.1, -0.05) is 13.8 Å². The summed E-state index contributed by atoms with van der Waals surface area (Å²) in [5.41, 5.74) is -0.124. The maximum atomic E-state index is 10.7. The molecular formula is C9H20N2O3P+. The monoisotopic (exact) mass is 235 g/mol. The van der Waals surface area contributed by atoms with Crippen molar-refractivity contribution in [2.24, 2.45) is 0 Å². The van der Waals surface area contributed by atoms with Crippen molar-refractivity contribution in [3.05, 3.63) is 0 Å². The zero-order chi connectivity index (χ0) is 11.5. The maximum Gasteiger partial charge on any atom is 0.713 e. The number of rotatable bonds is 4. The van der Waals surface area contributed by atoms with Gasteiger partial charge in [0.1, 0.15) is 0 Å². The Morgan fingerprint density at radius 3 is 2.47 bits per heavy atom. The summed E-state index contributed by atoms with van der Waals surface area (Å²) in [6.45, 7) is 6.60. The molecule has 1 unspecified atom stereocenters. The Hall–Kier alpha value is -0.0600. The van der Waals surface area contributed by atoms with Crippen molar-refractivity contribution in [1.82, 2.24) is 9.96 Å². The number of likely N-dealkylation sites (N-methyl/N-ethyl adjacent to an activating group) is 1. The minimum absolute atomic E-state index is 0.124. The minimum Gasteiger partial charge on any atom is -0.303 e. The summed E-state index contributed by atoms with van der Waals surface area (Å²) >= 11 is 0. The number of nitrogens with zero attached hydrogens (tertiary/aromatic N) is 2. The van der Waals surface area contributed by atoms with Gasteiger partial charge in [0, 0.05) is 24.2 Å². The second kappa shape index (κ2) is 5.32. The highest BCUT2D eigenvalue weighted by atomic mass is 31.1. The minimum atomic E-state index is -2.55. The topological polar surface area (TPSA) is 53.0 Å². The van der Waals surface area contributed by atoms with Crippen LogP contribution in [0.1, 0.15) is 26.7 Å². The summed E-state index contributed by atoms with van der Waals surface area (Å²) in [5, 5.41) is 1.70. The average molecular weight is 235 g/mol. The first kappa shape index (κ1) is 13.0. The molecule has 1 fully saturated rings. The van der Waals surface area contributed by atoms with Gasteiger partial charge in [0.15, 0.2) is 0 Å². The number of piperazine rings is 1. The van der Waals surface area contributed by atoms with E-state index in [0.29, 0.717) is 6.54 Å². The summed E-state index contributed by atoms with van der Waals surface area (Å²) in [4.78, 5) is 11.1. The van der Waals surface area contributed by atoms with Gasteiger partial charge >= 0.3 is 8.25 Å². The Bertz CT molecular complexity index is 233. The van der Waals surface area contributed by atoms with E-state index in [0.717, 1.165) is 25.9 Å². The number of hydrogen-bond donors (Lipinski definition) is 1. The zero-order valence-electron chi connectivity index (χ0n) is 9.64.